The zero-order valence-corrected chi connectivity index (χ0v) is 12.3. The Morgan fingerprint density at radius 2 is 1.94 bits per heavy atom. The fraction of sp³-hybridized carbons (Fsp3) is 0.545. The van der Waals surface area contributed by atoms with Gasteiger partial charge in [0.1, 0.15) is 10.4 Å². The smallest absolute Gasteiger partial charge is 0.423 e. The molecule has 100 valence electrons. The van der Waals surface area contributed by atoms with E-state index in [0.29, 0.717) is 4.60 Å². The molecule has 0 unspecified atom stereocenters. The monoisotopic (exact) mass is 319 g/mol. The van der Waals surface area contributed by atoms with Gasteiger partial charge in [-0.25, -0.2) is 9.37 Å². The Morgan fingerprint density at radius 3 is 2.44 bits per heavy atom. The lowest BCUT2D eigenvalue weighted by Crippen LogP contribution is -2.53. The zero-order valence-electron chi connectivity index (χ0n) is 10.7. The molecule has 0 aliphatic carbocycles. The molecule has 0 aliphatic heterocycles. The van der Waals surface area contributed by atoms with Crippen molar-refractivity contribution in [2.75, 3.05) is 0 Å². The van der Waals surface area contributed by atoms with Crippen molar-refractivity contribution in [3.05, 3.63) is 22.7 Å². The summed E-state index contributed by atoms with van der Waals surface area (Å²) in [6.07, 6.45) is 0.989. The molecule has 0 saturated heterocycles. The van der Waals surface area contributed by atoms with Gasteiger partial charge in [-0.15, -0.1) is 0 Å². The molecule has 1 aromatic rings. The van der Waals surface area contributed by atoms with Gasteiger partial charge in [0, 0.05) is 5.46 Å². The maximum Gasteiger partial charge on any atom is 0.494 e. The summed E-state index contributed by atoms with van der Waals surface area (Å²) in [6.45, 7) is 6.34. The van der Waals surface area contributed by atoms with E-state index < -0.39 is 24.1 Å². The van der Waals surface area contributed by atoms with Crippen LogP contribution in [0.15, 0.2) is 16.9 Å². The number of rotatable bonds is 4. The molecular weight excluding hydrogens is 304 g/mol. The predicted molar refractivity (Wildman–Crippen MR) is 71.0 cm³/mol. The van der Waals surface area contributed by atoms with Crippen LogP contribution in [0.1, 0.15) is 27.7 Å². The van der Waals surface area contributed by atoms with Crippen molar-refractivity contribution in [1.29, 1.82) is 0 Å². The molecule has 4 nitrogen and oxygen atoms in total. The number of hydrogen-bond acceptors (Lipinski definition) is 4. The summed E-state index contributed by atoms with van der Waals surface area (Å²) in [6, 6.07) is 1.33. The van der Waals surface area contributed by atoms with Gasteiger partial charge in [0.25, 0.3) is 0 Å². The van der Waals surface area contributed by atoms with Crippen LogP contribution < -0.4 is 5.46 Å². The van der Waals surface area contributed by atoms with Crippen molar-refractivity contribution < 1.29 is 19.2 Å². The molecule has 0 fully saturated rings. The van der Waals surface area contributed by atoms with Crippen LogP contribution in [0, 0.1) is 5.82 Å². The molecule has 0 bridgehead atoms. The molecular formula is C11H16BBrFNO3. The van der Waals surface area contributed by atoms with Crippen LogP contribution in [0.3, 0.4) is 0 Å². The summed E-state index contributed by atoms with van der Waals surface area (Å²) in [5.74, 6) is -0.669. The predicted octanol–water partition coefficient (Wildman–Crippen LogP) is 1.24. The molecule has 7 heteroatoms. The van der Waals surface area contributed by atoms with Crippen molar-refractivity contribution >= 4 is 28.5 Å². The normalized spacial score (nSPS) is 12.7. The summed E-state index contributed by atoms with van der Waals surface area (Å²) in [4.78, 5) is 3.69. The first-order chi connectivity index (χ1) is 8.04. The standard InChI is InChI=1S/C11H16BBrFNO3/c1-10(2,16)11(3,4)18-12(17)7-5-9(13)15-6-8(7)14/h5-6,16-17H,1-4H3. The quantitative estimate of drug-likeness (QED) is 0.647. The first kappa shape index (κ1) is 15.6. The Balaban J connectivity index is 2.95. The molecule has 1 rings (SSSR count). The molecule has 2 N–H and O–H groups in total. The highest BCUT2D eigenvalue weighted by molar-refractivity contribution is 9.10. The summed E-state index contributed by atoms with van der Waals surface area (Å²) in [5, 5.41) is 19.8. The van der Waals surface area contributed by atoms with Gasteiger partial charge in [-0.2, -0.15) is 0 Å². The number of hydrogen-bond donors (Lipinski definition) is 2. The van der Waals surface area contributed by atoms with Crippen LogP contribution in [0.2, 0.25) is 0 Å². The summed E-state index contributed by atoms with van der Waals surface area (Å²) in [5.41, 5.74) is -2.27. The van der Waals surface area contributed by atoms with E-state index in [-0.39, 0.29) is 5.46 Å². The summed E-state index contributed by atoms with van der Waals surface area (Å²) >= 11 is 3.09. The highest BCUT2D eigenvalue weighted by Gasteiger charge is 2.40. The molecule has 1 heterocycles. The van der Waals surface area contributed by atoms with E-state index >= 15 is 0 Å². The van der Waals surface area contributed by atoms with E-state index in [1.807, 2.05) is 0 Å². The van der Waals surface area contributed by atoms with Crippen molar-refractivity contribution in [3.8, 4) is 0 Å². The Kier molecular flexibility index (Phi) is 4.53. The third kappa shape index (κ3) is 3.51. The van der Waals surface area contributed by atoms with Gasteiger partial charge >= 0.3 is 7.12 Å². The van der Waals surface area contributed by atoms with Gasteiger partial charge in [0.2, 0.25) is 0 Å². The maximum atomic E-state index is 13.5. The van der Waals surface area contributed by atoms with Crippen molar-refractivity contribution in [2.24, 2.45) is 0 Å². The van der Waals surface area contributed by atoms with Crippen LogP contribution in [-0.2, 0) is 4.65 Å². The Labute approximate surface area is 114 Å². The van der Waals surface area contributed by atoms with E-state index in [1.54, 1.807) is 27.7 Å². The van der Waals surface area contributed by atoms with Gasteiger partial charge in [-0.05, 0) is 49.7 Å². The van der Waals surface area contributed by atoms with Gasteiger partial charge in [-0.3, -0.25) is 0 Å². The number of nitrogens with zero attached hydrogens (tertiary/aromatic N) is 1. The minimum atomic E-state index is -1.48. The first-order valence-corrected chi connectivity index (χ1v) is 6.23. The van der Waals surface area contributed by atoms with Crippen LogP contribution in [-0.4, -0.2) is 33.4 Å². The van der Waals surface area contributed by atoms with E-state index in [0.717, 1.165) is 6.20 Å². The number of halogens is 2. The average molecular weight is 320 g/mol. The highest BCUT2D eigenvalue weighted by Crippen LogP contribution is 2.25. The Morgan fingerprint density at radius 1 is 1.39 bits per heavy atom. The fourth-order valence-corrected chi connectivity index (χ4v) is 1.45. The van der Waals surface area contributed by atoms with E-state index in [1.165, 1.54) is 6.07 Å². The minimum Gasteiger partial charge on any atom is -0.423 e. The summed E-state index contributed by atoms with van der Waals surface area (Å²) < 4.78 is 19.2. The zero-order chi connectivity index (χ0) is 14.1. The molecule has 0 spiro atoms. The number of aliphatic hydroxyl groups is 1. The third-order valence-corrected chi connectivity index (χ3v) is 3.43. The molecule has 0 atom stereocenters. The second-order valence-electron chi connectivity index (χ2n) is 5.07. The van der Waals surface area contributed by atoms with Gasteiger partial charge in [-0.1, -0.05) is 0 Å². The molecule has 0 radical (unpaired) electrons. The Bertz CT molecular complexity index is 437. The third-order valence-electron chi connectivity index (χ3n) is 3.00. The van der Waals surface area contributed by atoms with Gasteiger partial charge in [0.05, 0.1) is 17.4 Å². The average Bonchev–Trinajstić information content (AvgIpc) is 2.19. The lowest BCUT2D eigenvalue weighted by Gasteiger charge is -2.38. The molecule has 0 saturated carbocycles. The van der Waals surface area contributed by atoms with Crippen LogP contribution >= 0.6 is 15.9 Å². The van der Waals surface area contributed by atoms with E-state index in [4.69, 9.17) is 4.65 Å². The number of pyridine rings is 1. The lowest BCUT2D eigenvalue weighted by atomic mass is 9.76. The van der Waals surface area contributed by atoms with Gasteiger partial charge in [0.15, 0.2) is 0 Å². The largest absolute Gasteiger partial charge is 0.494 e. The summed E-state index contributed by atoms with van der Waals surface area (Å²) in [7, 11) is -1.48. The van der Waals surface area contributed by atoms with Crippen LogP contribution in [0.25, 0.3) is 0 Å². The second kappa shape index (κ2) is 5.24. The highest BCUT2D eigenvalue weighted by atomic mass is 79.9. The Hall–Kier alpha value is -0.495. The first-order valence-electron chi connectivity index (χ1n) is 5.44. The molecule has 0 aromatic carbocycles. The molecule has 0 amide bonds. The number of aromatic nitrogens is 1. The second-order valence-corrected chi connectivity index (χ2v) is 5.88. The van der Waals surface area contributed by atoms with Crippen LogP contribution in [0.5, 0.6) is 0 Å². The fourth-order valence-electron chi connectivity index (χ4n) is 1.10. The van der Waals surface area contributed by atoms with Crippen molar-refractivity contribution in [2.45, 2.75) is 38.9 Å². The molecule has 0 aliphatic rings. The van der Waals surface area contributed by atoms with Crippen molar-refractivity contribution in [3.63, 3.8) is 0 Å². The minimum absolute atomic E-state index is 0.0331. The molecule has 1 aromatic heterocycles. The van der Waals surface area contributed by atoms with E-state index in [9.17, 15) is 14.5 Å². The topological polar surface area (TPSA) is 62.6 Å². The van der Waals surface area contributed by atoms with E-state index in [2.05, 4.69) is 20.9 Å². The van der Waals surface area contributed by atoms with Gasteiger partial charge < -0.3 is 14.8 Å². The maximum absolute atomic E-state index is 13.5. The lowest BCUT2D eigenvalue weighted by molar-refractivity contribution is -0.0983. The SMILES string of the molecule is CC(C)(O)C(C)(C)OB(O)c1cc(Br)ncc1F. The van der Waals surface area contributed by atoms with Crippen molar-refractivity contribution in [1.82, 2.24) is 4.98 Å². The molecule has 18 heavy (non-hydrogen) atoms. The van der Waals surface area contributed by atoms with Crippen LogP contribution in [0.4, 0.5) is 4.39 Å².